The molecule has 0 atom stereocenters. The molecule has 0 radical (unpaired) electrons. The molecule has 2 aromatic carbocycles. The molecule has 0 spiro atoms. The largest absolute Gasteiger partial charge is 0.298 e. The van der Waals surface area contributed by atoms with E-state index in [2.05, 4.69) is 26.2 Å². The Morgan fingerprint density at radius 2 is 2.00 bits per heavy atom. The molecule has 0 bridgehead atoms. The number of carbonyl (C=O) groups is 1. The van der Waals surface area contributed by atoms with E-state index in [4.69, 9.17) is 11.6 Å². The molecule has 0 unspecified atom stereocenters. The van der Waals surface area contributed by atoms with Gasteiger partial charge >= 0.3 is 0 Å². The lowest BCUT2D eigenvalue weighted by Crippen LogP contribution is -2.11. The minimum absolute atomic E-state index is 0.168. The molecule has 0 saturated heterocycles. The number of amides is 1. The number of aromatic nitrogens is 1. The highest BCUT2D eigenvalue weighted by molar-refractivity contribution is 9.10. The molecular formula is C17H12BrClN2OS. The molecule has 6 heteroatoms. The van der Waals surface area contributed by atoms with Crippen molar-refractivity contribution in [1.82, 2.24) is 4.98 Å². The highest BCUT2D eigenvalue weighted by Crippen LogP contribution is 2.23. The topological polar surface area (TPSA) is 42.0 Å². The van der Waals surface area contributed by atoms with Crippen molar-refractivity contribution >= 4 is 49.9 Å². The van der Waals surface area contributed by atoms with Crippen molar-refractivity contribution in [2.75, 3.05) is 5.32 Å². The number of thiazole rings is 1. The standard InChI is InChI=1S/C17H12BrClN2OS/c18-13-3-1-2-12(9-13)16(22)21-17-20-10-15(23-17)8-11-4-6-14(19)7-5-11/h1-7,9-10H,8H2,(H,20,21,22). The monoisotopic (exact) mass is 406 g/mol. The third-order valence-electron chi connectivity index (χ3n) is 3.15. The Labute approximate surface area is 151 Å². The fourth-order valence-electron chi connectivity index (χ4n) is 2.05. The van der Waals surface area contributed by atoms with Crippen LogP contribution in [-0.4, -0.2) is 10.9 Å². The highest BCUT2D eigenvalue weighted by Gasteiger charge is 2.09. The molecule has 3 aromatic rings. The Morgan fingerprint density at radius 3 is 2.74 bits per heavy atom. The summed E-state index contributed by atoms with van der Waals surface area (Å²) in [5.41, 5.74) is 1.75. The van der Waals surface area contributed by atoms with Crippen molar-refractivity contribution in [2.45, 2.75) is 6.42 Å². The number of anilines is 1. The van der Waals surface area contributed by atoms with Crippen LogP contribution in [-0.2, 0) is 6.42 Å². The second kappa shape index (κ2) is 7.25. The van der Waals surface area contributed by atoms with Gasteiger partial charge in [-0.2, -0.15) is 0 Å². The predicted octanol–water partition coefficient (Wildman–Crippen LogP) is 5.40. The lowest BCUT2D eigenvalue weighted by atomic mass is 10.1. The molecule has 1 amide bonds. The third kappa shape index (κ3) is 4.41. The van der Waals surface area contributed by atoms with Gasteiger partial charge < -0.3 is 0 Å². The molecule has 0 fully saturated rings. The summed E-state index contributed by atoms with van der Waals surface area (Å²) in [5.74, 6) is -0.168. The van der Waals surface area contributed by atoms with Crippen molar-refractivity contribution < 1.29 is 4.79 Å². The Balaban J connectivity index is 1.67. The Kier molecular flexibility index (Phi) is 5.10. The molecule has 1 N–H and O–H groups in total. The summed E-state index contributed by atoms with van der Waals surface area (Å²) in [6, 6.07) is 15.0. The smallest absolute Gasteiger partial charge is 0.257 e. The van der Waals surface area contributed by atoms with Crippen molar-refractivity contribution in [3.63, 3.8) is 0 Å². The lowest BCUT2D eigenvalue weighted by molar-refractivity contribution is 0.102. The SMILES string of the molecule is O=C(Nc1ncc(Cc2ccc(Cl)cc2)s1)c1cccc(Br)c1. The summed E-state index contributed by atoms with van der Waals surface area (Å²) >= 11 is 10.7. The quantitative estimate of drug-likeness (QED) is 0.629. The second-order valence-electron chi connectivity index (χ2n) is 4.90. The van der Waals surface area contributed by atoms with Crippen LogP contribution >= 0.6 is 38.9 Å². The molecule has 0 aliphatic carbocycles. The molecule has 1 heterocycles. The van der Waals surface area contributed by atoms with Gasteiger partial charge in [0.05, 0.1) is 0 Å². The van der Waals surface area contributed by atoms with Crippen LogP contribution in [0.4, 0.5) is 5.13 Å². The first-order chi connectivity index (χ1) is 11.1. The summed E-state index contributed by atoms with van der Waals surface area (Å²) in [5, 5.41) is 4.15. The molecule has 23 heavy (non-hydrogen) atoms. The maximum atomic E-state index is 12.2. The number of nitrogens with zero attached hydrogens (tertiary/aromatic N) is 1. The van der Waals surface area contributed by atoms with Crippen LogP contribution in [0.5, 0.6) is 0 Å². The average Bonchev–Trinajstić information content (AvgIpc) is 2.96. The van der Waals surface area contributed by atoms with Crippen LogP contribution in [0.15, 0.2) is 59.2 Å². The maximum absolute atomic E-state index is 12.2. The van der Waals surface area contributed by atoms with E-state index >= 15 is 0 Å². The minimum Gasteiger partial charge on any atom is -0.298 e. The normalized spacial score (nSPS) is 10.5. The molecule has 3 nitrogen and oxygen atoms in total. The van der Waals surface area contributed by atoms with Crippen LogP contribution in [0.2, 0.25) is 5.02 Å². The first-order valence-electron chi connectivity index (χ1n) is 6.86. The minimum atomic E-state index is -0.168. The summed E-state index contributed by atoms with van der Waals surface area (Å²) < 4.78 is 0.868. The van der Waals surface area contributed by atoms with Crippen LogP contribution < -0.4 is 5.32 Å². The first kappa shape index (κ1) is 16.2. The van der Waals surface area contributed by atoms with Gasteiger partial charge in [-0.25, -0.2) is 4.98 Å². The van der Waals surface area contributed by atoms with E-state index in [1.165, 1.54) is 11.3 Å². The van der Waals surface area contributed by atoms with E-state index < -0.39 is 0 Å². The van der Waals surface area contributed by atoms with Gasteiger partial charge in [0.1, 0.15) is 0 Å². The molecule has 3 rings (SSSR count). The fraction of sp³-hybridized carbons (Fsp3) is 0.0588. The number of halogens is 2. The number of hydrogen-bond acceptors (Lipinski definition) is 3. The lowest BCUT2D eigenvalue weighted by Gasteiger charge is -2.02. The zero-order valence-corrected chi connectivity index (χ0v) is 15.1. The zero-order valence-electron chi connectivity index (χ0n) is 11.9. The van der Waals surface area contributed by atoms with Crippen LogP contribution in [0.3, 0.4) is 0 Å². The fourth-order valence-corrected chi connectivity index (χ4v) is 3.42. The Hall–Kier alpha value is -1.69. The molecular weight excluding hydrogens is 396 g/mol. The van der Waals surface area contributed by atoms with Crippen molar-refractivity contribution in [1.29, 1.82) is 0 Å². The van der Waals surface area contributed by atoms with E-state index in [1.54, 1.807) is 18.3 Å². The number of rotatable bonds is 4. The zero-order chi connectivity index (χ0) is 16.2. The van der Waals surface area contributed by atoms with Crippen molar-refractivity contribution in [2.24, 2.45) is 0 Å². The van der Waals surface area contributed by atoms with E-state index in [-0.39, 0.29) is 5.91 Å². The van der Waals surface area contributed by atoms with Crippen molar-refractivity contribution in [3.8, 4) is 0 Å². The number of nitrogens with one attached hydrogen (secondary N) is 1. The molecule has 0 aliphatic heterocycles. The Morgan fingerprint density at radius 1 is 1.22 bits per heavy atom. The average molecular weight is 408 g/mol. The van der Waals surface area contributed by atoms with Gasteiger partial charge in [-0.1, -0.05) is 45.7 Å². The van der Waals surface area contributed by atoms with Gasteiger partial charge in [-0.05, 0) is 35.9 Å². The Bertz CT molecular complexity index is 833. The summed E-state index contributed by atoms with van der Waals surface area (Å²) in [7, 11) is 0. The van der Waals surface area contributed by atoms with E-state index in [9.17, 15) is 4.79 Å². The number of hydrogen-bond donors (Lipinski definition) is 1. The van der Waals surface area contributed by atoms with Gasteiger partial charge in [0, 0.05) is 32.6 Å². The molecule has 1 aromatic heterocycles. The van der Waals surface area contributed by atoms with E-state index in [0.717, 1.165) is 26.4 Å². The third-order valence-corrected chi connectivity index (χ3v) is 4.81. The maximum Gasteiger partial charge on any atom is 0.257 e. The second-order valence-corrected chi connectivity index (χ2v) is 7.37. The van der Waals surface area contributed by atoms with Crippen LogP contribution in [0.1, 0.15) is 20.8 Å². The summed E-state index contributed by atoms with van der Waals surface area (Å²) in [6.45, 7) is 0. The predicted molar refractivity (Wildman–Crippen MR) is 98.5 cm³/mol. The summed E-state index contributed by atoms with van der Waals surface area (Å²) in [4.78, 5) is 17.5. The number of carbonyl (C=O) groups excluding carboxylic acids is 1. The van der Waals surface area contributed by atoms with Crippen molar-refractivity contribution in [3.05, 3.63) is 80.2 Å². The van der Waals surface area contributed by atoms with Gasteiger partial charge in [0.2, 0.25) is 0 Å². The van der Waals surface area contributed by atoms with Crippen LogP contribution in [0.25, 0.3) is 0 Å². The van der Waals surface area contributed by atoms with Crippen LogP contribution in [0, 0.1) is 0 Å². The van der Waals surface area contributed by atoms with Gasteiger partial charge in [0.15, 0.2) is 5.13 Å². The van der Waals surface area contributed by atoms with E-state index in [0.29, 0.717) is 10.7 Å². The molecule has 0 aliphatic rings. The molecule has 0 saturated carbocycles. The first-order valence-corrected chi connectivity index (χ1v) is 8.85. The van der Waals surface area contributed by atoms with Gasteiger partial charge in [0.25, 0.3) is 5.91 Å². The number of benzene rings is 2. The summed E-state index contributed by atoms with van der Waals surface area (Å²) in [6.07, 6.45) is 2.55. The highest BCUT2D eigenvalue weighted by atomic mass is 79.9. The van der Waals surface area contributed by atoms with E-state index in [1.807, 2.05) is 36.4 Å². The van der Waals surface area contributed by atoms with Gasteiger partial charge in [-0.3, -0.25) is 10.1 Å². The molecule has 116 valence electrons. The van der Waals surface area contributed by atoms with Gasteiger partial charge in [-0.15, -0.1) is 11.3 Å².